The number of aryl methyl sites for hydroxylation is 2. The van der Waals surface area contributed by atoms with Crippen LogP contribution in [-0.2, 0) is 4.79 Å². The second-order valence-corrected chi connectivity index (χ2v) is 8.51. The van der Waals surface area contributed by atoms with E-state index >= 15 is 0 Å². The first-order valence-electron chi connectivity index (χ1n) is 9.54. The number of rotatable bonds is 4. The van der Waals surface area contributed by atoms with Gasteiger partial charge in [-0.2, -0.15) is 0 Å². The zero-order chi connectivity index (χ0) is 19.0. The van der Waals surface area contributed by atoms with Crippen LogP contribution in [0.2, 0.25) is 0 Å². The molecule has 4 heteroatoms. The Kier molecular flexibility index (Phi) is 5.02. The largest absolute Gasteiger partial charge is 0.481 e. The minimum atomic E-state index is -0.654. The van der Waals surface area contributed by atoms with Gasteiger partial charge in [0.05, 0.1) is 12.0 Å². The van der Waals surface area contributed by atoms with E-state index in [1.165, 1.54) is 32.3 Å². The van der Waals surface area contributed by atoms with Crippen molar-refractivity contribution in [2.24, 2.45) is 5.92 Å². The van der Waals surface area contributed by atoms with Gasteiger partial charge in [0, 0.05) is 4.70 Å². The lowest BCUT2D eigenvalue weighted by Gasteiger charge is -2.37. The number of carboxylic acid groups (broad SMARTS) is 1. The van der Waals surface area contributed by atoms with E-state index in [0.29, 0.717) is 0 Å². The van der Waals surface area contributed by atoms with E-state index in [2.05, 4.69) is 66.6 Å². The SMILES string of the molecule is Cc1ccc(C(c2csc3ccccc23)N2CCC(C(=O)O)CC2)c(C)c1. The molecule has 1 unspecified atom stereocenters. The fourth-order valence-electron chi connectivity index (χ4n) is 4.31. The first kappa shape index (κ1) is 18.2. The molecule has 4 rings (SSSR count). The van der Waals surface area contributed by atoms with Crippen molar-refractivity contribution >= 4 is 27.4 Å². The molecule has 140 valence electrons. The van der Waals surface area contributed by atoms with Gasteiger partial charge in [0.1, 0.15) is 0 Å². The summed E-state index contributed by atoms with van der Waals surface area (Å²) in [5.41, 5.74) is 5.25. The number of thiophene rings is 1. The molecule has 3 nitrogen and oxygen atoms in total. The van der Waals surface area contributed by atoms with Gasteiger partial charge in [0.2, 0.25) is 0 Å². The van der Waals surface area contributed by atoms with Gasteiger partial charge in [-0.05, 0) is 73.3 Å². The van der Waals surface area contributed by atoms with Crippen molar-refractivity contribution < 1.29 is 9.90 Å². The number of benzene rings is 2. The van der Waals surface area contributed by atoms with Crippen molar-refractivity contribution in [1.29, 1.82) is 0 Å². The van der Waals surface area contributed by atoms with Crippen LogP contribution in [0.5, 0.6) is 0 Å². The Labute approximate surface area is 164 Å². The summed E-state index contributed by atoms with van der Waals surface area (Å²) >= 11 is 1.79. The van der Waals surface area contributed by atoms with Gasteiger partial charge in [-0.1, -0.05) is 42.0 Å². The lowest BCUT2D eigenvalue weighted by molar-refractivity contribution is -0.143. The Morgan fingerprint density at radius 1 is 1.11 bits per heavy atom. The smallest absolute Gasteiger partial charge is 0.306 e. The van der Waals surface area contributed by atoms with Gasteiger partial charge in [0.25, 0.3) is 0 Å². The Balaban J connectivity index is 1.77. The quantitative estimate of drug-likeness (QED) is 0.659. The summed E-state index contributed by atoms with van der Waals surface area (Å²) in [7, 11) is 0. The fourth-order valence-corrected chi connectivity index (χ4v) is 5.29. The van der Waals surface area contributed by atoms with Crippen LogP contribution in [0, 0.1) is 19.8 Å². The lowest BCUT2D eigenvalue weighted by atomic mass is 9.89. The number of piperidine rings is 1. The highest BCUT2D eigenvalue weighted by molar-refractivity contribution is 7.17. The Morgan fingerprint density at radius 3 is 2.56 bits per heavy atom. The molecule has 1 aliphatic rings. The molecule has 0 saturated carbocycles. The standard InChI is InChI=1S/C23H25NO2S/c1-15-7-8-18(16(2)13-15)22(24-11-9-17(10-12-24)23(25)26)20-14-27-21-6-4-3-5-19(20)21/h3-8,13-14,17,22H,9-12H2,1-2H3,(H,25,26). The number of hydrogen-bond donors (Lipinski definition) is 1. The van der Waals surface area contributed by atoms with E-state index < -0.39 is 5.97 Å². The Morgan fingerprint density at radius 2 is 1.85 bits per heavy atom. The van der Waals surface area contributed by atoms with Crippen LogP contribution < -0.4 is 0 Å². The molecule has 27 heavy (non-hydrogen) atoms. The number of fused-ring (bicyclic) bond motifs is 1. The van der Waals surface area contributed by atoms with Crippen molar-refractivity contribution in [2.45, 2.75) is 32.7 Å². The minimum absolute atomic E-state index is 0.177. The number of carboxylic acids is 1. The Hall–Kier alpha value is -2.17. The van der Waals surface area contributed by atoms with Crippen LogP contribution in [0.25, 0.3) is 10.1 Å². The third kappa shape index (κ3) is 3.52. The van der Waals surface area contributed by atoms with Crippen molar-refractivity contribution in [2.75, 3.05) is 13.1 Å². The van der Waals surface area contributed by atoms with Gasteiger partial charge in [0.15, 0.2) is 0 Å². The fraction of sp³-hybridized carbons (Fsp3) is 0.348. The van der Waals surface area contributed by atoms with E-state index in [9.17, 15) is 9.90 Å². The molecule has 2 heterocycles. The summed E-state index contributed by atoms with van der Waals surface area (Å²) in [6.07, 6.45) is 1.44. The third-order valence-corrected chi connectivity index (χ3v) is 6.75. The monoisotopic (exact) mass is 379 g/mol. The number of nitrogens with zero attached hydrogens (tertiary/aromatic N) is 1. The lowest BCUT2D eigenvalue weighted by Crippen LogP contribution is -2.39. The molecule has 3 aromatic rings. The normalized spacial score (nSPS) is 17.3. The maximum absolute atomic E-state index is 11.4. The molecule has 1 atom stereocenters. The molecule has 1 fully saturated rings. The van der Waals surface area contributed by atoms with E-state index in [1.807, 2.05) is 0 Å². The first-order valence-corrected chi connectivity index (χ1v) is 10.4. The van der Waals surface area contributed by atoms with Crippen molar-refractivity contribution in [3.8, 4) is 0 Å². The first-order chi connectivity index (χ1) is 13.0. The van der Waals surface area contributed by atoms with E-state index in [-0.39, 0.29) is 12.0 Å². The Bertz CT molecular complexity index is 969. The maximum Gasteiger partial charge on any atom is 0.306 e. The molecule has 1 aromatic heterocycles. The zero-order valence-corrected chi connectivity index (χ0v) is 16.6. The maximum atomic E-state index is 11.4. The molecule has 1 aliphatic heterocycles. The summed E-state index contributed by atoms with van der Waals surface area (Å²) in [6.45, 7) is 5.95. The van der Waals surface area contributed by atoms with Gasteiger partial charge in [-0.15, -0.1) is 11.3 Å². The molecule has 1 saturated heterocycles. The zero-order valence-electron chi connectivity index (χ0n) is 15.8. The van der Waals surface area contributed by atoms with Crippen LogP contribution in [0.15, 0.2) is 47.8 Å². The van der Waals surface area contributed by atoms with Gasteiger partial charge in [-0.25, -0.2) is 0 Å². The summed E-state index contributed by atoms with van der Waals surface area (Å²) in [5, 5.41) is 13.0. The van der Waals surface area contributed by atoms with Gasteiger partial charge in [-0.3, -0.25) is 9.69 Å². The van der Waals surface area contributed by atoms with E-state index in [1.54, 1.807) is 11.3 Å². The summed E-state index contributed by atoms with van der Waals surface area (Å²) in [5.74, 6) is -0.862. The van der Waals surface area contributed by atoms with Gasteiger partial charge >= 0.3 is 5.97 Å². The van der Waals surface area contributed by atoms with Crippen LogP contribution >= 0.6 is 11.3 Å². The molecule has 0 amide bonds. The molecule has 2 aromatic carbocycles. The van der Waals surface area contributed by atoms with Crippen molar-refractivity contribution in [3.05, 3.63) is 70.1 Å². The summed E-state index contributed by atoms with van der Waals surface area (Å²) < 4.78 is 1.31. The molecule has 0 bridgehead atoms. The second-order valence-electron chi connectivity index (χ2n) is 7.60. The highest BCUT2D eigenvalue weighted by atomic mass is 32.1. The average Bonchev–Trinajstić information content (AvgIpc) is 3.08. The highest BCUT2D eigenvalue weighted by Gasteiger charge is 2.31. The highest BCUT2D eigenvalue weighted by Crippen LogP contribution is 2.40. The van der Waals surface area contributed by atoms with Crippen LogP contribution in [0.4, 0.5) is 0 Å². The molecule has 0 spiro atoms. The van der Waals surface area contributed by atoms with Crippen LogP contribution in [0.1, 0.15) is 41.1 Å². The molecular formula is C23H25NO2S. The van der Waals surface area contributed by atoms with E-state index in [0.717, 1.165) is 25.9 Å². The third-order valence-electron chi connectivity index (χ3n) is 5.77. The number of hydrogen-bond acceptors (Lipinski definition) is 3. The predicted molar refractivity (Wildman–Crippen MR) is 112 cm³/mol. The number of carbonyl (C=O) groups is 1. The molecular weight excluding hydrogens is 354 g/mol. The molecule has 1 N–H and O–H groups in total. The average molecular weight is 380 g/mol. The summed E-state index contributed by atoms with van der Waals surface area (Å²) in [6, 6.07) is 15.5. The van der Waals surface area contributed by atoms with Crippen molar-refractivity contribution in [3.63, 3.8) is 0 Å². The second kappa shape index (κ2) is 7.45. The minimum Gasteiger partial charge on any atom is -0.481 e. The topological polar surface area (TPSA) is 40.5 Å². The van der Waals surface area contributed by atoms with Crippen LogP contribution in [0.3, 0.4) is 0 Å². The van der Waals surface area contributed by atoms with Crippen LogP contribution in [-0.4, -0.2) is 29.1 Å². The predicted octanol–water partition coefficient (Wildman–Crippen LogP) is 5.40. The van der Waals surface area contributed by atoms with Gasteiger partial charge < -0.3 is 5.11 Å². The van der Waals surface area contributed by atoms with Crippen molar-refractivity contribution in [1.82, 2.24) is 4.90 Å². The molecule has 0 radical (unpaired) electrons. The summed E-state index contributed by atoms with van der Waals surface area (Å²) in [4.78, 5) is 13.9. The number of likely N-dealkylation sites (tertiary alicyclic amines) is 1. The van der Waals surface area contributed by atoms with E-state index in [4.69, 9.17) is 0 Å². The number of aliphatic carboxylic acids is 1. The molecule has 0 aliphatic carbocycles.